The molecular formula is C21H26N2O4. The second kappa shape index (κ2) is 10.2. The van der Waals surface area contributed by atoms with E-state index in [1.54, 1.807) is 24.1 Å². The van der Waals surface area contributed by atoms with E-state index in [2.05, 4.69) is 5.32 Å². The molecule has 0 bridgehead atoms. The summed E-state index contributed by atoms with van der Waals surface area (Å²) in [6.45, 7) is 4.76. The van der Waals surface area contributed by atoms with Crippen LogP contribution in [-0.2, 0) is 16.1 Å². The second-order valence-corrected chi connectivity index (χ2v) is 6.16. The Kier molecular flexibility index (Phi) is 7.67. The number of methoxy groups -OCH3 is 1. The van der Waals surface area contributed by atoms with Crippen LogP contribution in [0.1, 0.15) is 18.1 Å². The molecule has 144 valence electrons. The van der Waals surface area contributed by atoms with Gasteiger partial charge in [0.05, 0.1) is 7.11 Å². The van der Waals surface area contributed by atoms with Gasteiger partial charge in [-0.2, -0.15) is 0 Å². The van der Waals surface area contributed by atoms with Gasteiger partial charge in [0, 0.05) is 26.6 Å². The van der Waals surface area contributed by atoms with E-state index in [-0.39, 0.29) is 18.4 Å². The van der Waals surface area contributed by atoms with Crippen LogP contribution in [0, 0.1) is 6.92 Å². The molecule has 0 aliphatic rings. The number of para-hydroxylation sites is 2. The SMILES string of the molecule is COc1ccccc1OCC(=O)NCCN(Cc1ccccc1C)C(C)=O. The third-order valence-electron chi connectivity index (χ3n) is 4.20. The quantitative estimate of drug-likeness (QED) is 0.737. The molecule has 0 saturated heterocycles. The number of carbonyl (C=O) groups excluding carboxylic acids is 2. The Morgan fingerprint density at radius 2 is 1.70 bits per heavy atom. The summed E-state index contributed by atoms with van der Waals surface area (Å²) in [5, 5.41) is 2.78. The van der Waals surface area contributed by atoms with E-state index in [1.807, 2.05) is 43.3 Å². The predicted octanol–water partition coefficient (Wildman–Crippen LogP) is 2.55. The lowest BCUT2D eigenvalue weighted by Crippen LogP contribution is -2.38. The minimum absolute atomic E-state index is 0.0298. The van der Waals surface area contributed by atoms with Crippen molar-refractivity contribution in [1.82, 2.24) is 10.2 Å². The molecule has 0 unspecified atom stereocenters. The van der Waals surface area contributed by atoms with Gasteiger partial charge in [-0.25, -0.2) is 0 Å². The molecule has 27 heavy (non-hydrogen) atoms. The van der Waals surface area contributed by atoms with Gasteiger partial charge in [-0.05, 0) is 30.2 Å². The Labute approximate surface area is 160 Å². The molecule has 6 nitrogen and oxygen atoms in total. The molecule has 0 radical (unpaired) electrons. The normalized spacial score (nSPS) is 10.2. The van der Waals surface area contributed by atoms with Crippen molar-refractivity contribution >= 4 is 11.8 Å². The van der Waals surface area contributed by atoms with Crippen LogP contribution in [-0.4, -0.2) is 43.5 Å². The van der Waals surface area contributed by atoms with Crippen molar-refractivity contribution in [3.63, 3.8) is 0 Å². The highest BCUT2D eigenvalue weighted by atomic mass is 16.5. The first-order valence-corrected chi connectivity index (χ1v) is 8.83. The van der Waals surface area contributed by atoms with Crippen LogP contribution in [0.2, 0.25) is 0 Å². The minimum atomic E-state index is -0.250. The van der Waals surface area contributed by atoms with Crippen molar-refractivity contribution in [2.45, 2.75) is 20.4 Å². The van der Waals surface area contributed by atoms with Gasteiger partial charge < -0.3 is 19.7 Å². The zero-order valence-electron chi connectivity index (χ0n) is 16.0. The van der Waals surface area contributed by atoms with Crippen LogP contribution in [0.5, 0.6) is 11.5 Å². The fraction of sp³-hybridized carbons (Fsp3) is 0.333. The van der Waals surface area contributed by atoms with E-state index >= 15 is 0 Å². The maximum Gasteiger partial charge on any atom is 0.258 e. The number of benzene rings is 2. The third kappa shape index (κ3) is 6.33. The van der Waals surface area contributed by atoms with E-state index in [1.165, 1.54) is 6.92 Å². The van der Waals surface area contributed by atoms with Gasteiger partial charge in [-0.3, -0.25) is 9.59 Å². The molecule has 2 aromatic carbocycles. The number of amides is 2. The molecule has 2 aromatic rings. The monoisotopic (exact) mass is 370 g/mol. The van der Waals surface area contributed by atoms with Crippen LogP contribution in [0.15, 0.2) is 48.5 Å². The highest BCUT2D eigenvalue weighted by Gasteiger charge is 2.12. The standard InChI is InChI=1S/C21H26N2O4/c1-16-8-4-5-9-18(16)14-23(17(2)24)13-12-22-21(25)15-27-20-11-7-6-10-19(20)26-3/h4-11H,12-15H2,1-3H3,(H,22,25). The minimum Gasteiger partial charge on any atom is -0.493 e. The largest absolute Gasteiger partial charge is 0.493 e. The Hall–Kier alpha value is -3.02. The summed E-state index contributed by atoms with van der Waals surface area (Å²) in [6.07, 6.45) is 0. The first-order valence-electron chi connectivity index (χ1n) is 8.83. The number of nitrogens with one attached hydrogen (secondary N) is 1. The highest BCUT2D eigenvalue weighted by Crippen LogP contribution is 2.25. The molecule has 6 heteroatoms. The Morgan fingerprint density at radius 3 is 2.37 bits per heavy atom. The summed E-state index contributed by atoms with van der Waals surface area (Å²) in [5.41, 5.74) is 2.23. The summed E-state index contributed by atoms with van der Waals surface area (Å²) < 4.78 is 10.7. The van der Waals surface area contributed by atoms with Crippen molar-refractivity contribution in [3.05, 3.63) is 59.7 Å². The zero-order chi connectivity index (χ0) is 19.6. The number of hydrogen-bond acceptors (Lipinski definition) is 4. The van der Waals surface area contributed by atoms with Crippen molar-refractivity contribution in [3.8, 4) is 11.5 Å². The fourth-order valence-corrected chi connectivity index (χ4v) is 2.60. The number of ether oxygens (including phenoxy) is 2. The fourth-order valence-electron chi connectivity index (χ4n) is 2.60. The first kappa shape index (κ1) is 20.3. The predicted molar refractivity (Wildman–Crippen MR) is 104 cm³/mol. The highest BCUT2D eigenvalue weighted by molar-refractivity contribution is 5.77. The van der Waals surface area contributed by atoms with Crippen molar-refractivity contribution in [1.29, 1.82) is 0 Å². The molecule has 2 amide bonds. The third-order valence-corrected chi connectivity index (χ3v) is 4.20. The molecule has 0 aromatic heterocycles. The molecule has 0 atom stereocenters. The lowest BCUT2D eigenvalue weighted by atomic mass is 10.1. The maximum absolute atomic E-state index is 12.0. The summed E-state index contributed by atoms with van der Waals surface area (Å²) >= 11 is 0. The van der Waals surface area contributed by atoms with Crippen LogP contribution in [0.25, 0.3) is 0 Å². The smallest absolute Gasteiger partial charge is 0.258 e. The Morgan fingerprint density at radius 1 is 1.04 bits per heavy atom. The number of hydrogen-bond donors (Lipinski definition) is 1. The first-order chi connectivity index (χ1) is 13.0. The molecule has 1 N–H and O–H groups in total. The molecule has 0 heterocycles. The van der Waals surface area contributed by atoms with Gasteiger partial charge in [0.25, 0.3) is 5.91 Å². The molecular weight excluding hydrogens is 344 g/mol. The summed E-state index contributed by atoms with van der Waals surface area (Å²) in [6, 6.07) is 15.1. The van der Waals surface area contributed by atoms with Gasteiger partial charge in [0.1, 0.15) is 0 Å². The van der Waals surface area contributed by atoms with Crippen LogP contribution < -0.4 is 14.8 Å². The van der Waals surface area contributed by atoms with E-state index < -0.39 is 0 Å². The van der Waals surface area contributed by atoms with Gasteiger partial charge in [-0.15, -0.1) is 0 Å². The summed E-state index contributed by atoms with van der Waals surface area (Å²) in [7, 11) is 1.55. The summed E-state index contributed by atoms with van der Waals surface area (Å²) in [4.78, 5) is 25.6. The zero-order valence-corrected chi connectivity index (χ0v) is 16.0. The van der Waals surface area contributed by atoms with E-state index in [0.29, 0.717) is 31.1 Å². The van der Waals surface area contributed by atoms with Gasteiger partial charge in [-0.1, -0.05) is 36.4 Å². The molecule has 0 spiro atoms. The molecule has 0 fully saturated rings. The van der Waals surface area contributed by atoms with Crippen LogP contribution in [0.3, 0.4) is 0 Å². The number of rotatable bonds is 9. The number of nitrogens with zero attached hydrogens (tertiary/aromatic N) is 1. The second-order valence-electron chi connectivity index (χ2n) is 6.16. The van der Waals surface area contributed by atoms with Gasteiger partial charge in [0.2, 0.25) is 5.91 Å². The average molecular weight is 370 g/mol. The van der Waals surface area contributed by atoms with E-state index in [9.17, 15) is 9.59 Å². The lowest BCUT2D eigenvalue weighted by molar-refractivity contribution is -0.130. The molecule has 2 rings (SSSR count). The van der Waals surface area contributed by atoms with Crippen LogP contribution >= 0.6 is 0 Å². The Bertz CT molecular complexity index is 776. The topological polar surface area (TPSA) is 67.9 Å². The van der Waals surface area contributed by atoms with Crippen LogP contribution in [0.4, 0.5) is 0 Å². The lowest BCUT2D eigenvalue weighted by Gasteiger charge is -2.22. The number of aryl methyl sites for hydroxylation is 1. The molecule has 0 saturated carbocycles. The molecule has 0 aliphatic heterocycles. The van der Waals surface area contributed by atoms with E-state index in [0.717, 1.165) is 11.1 Å². The van der Waals surface area contributed by atoms with Gasteiger partial charge in [0.15, 0.2) is 18.1 Å². The van der Waals surface area contributed by atoms with E-state index in [4.69, 9.17) is 9.47 Å². The van der Waals surface area contributed by atoms with Crippen molar-refractivity contribution < 1.29 is 19.1 Å². The number of carbonyl (C=O) groups is 2. The van der Waals surface area contributed by atoms with Crippen molar-refractivity contribution in [2.75, 3.05) is 26.8 Å². The maximum atomic E-state index is 12.0. The van der Waals surface area contributed by atoms with Crippen molar-refractivity contribution in [2.24, 2.45) is 0 Å². The van der Waals surface area contributed by atoms with Gasteiger partial charge >= 0.3 is 0 Å². The summed E-state index contributed by atoms with van der Waals surface area (Å²) in [5.74, 6) is 0.810. The average Bonchev–Trinajstić information content (AvgIpc) is 2.67. The Balaban J connectivity index is 1.79. The molecule has 0 aliphatic carbocycles.